The number of thiocarbonyl (C=S) groups is 1. The smallest absolute Gasteiger partial charge is 0.222 e. The van der Waals surface area contributed by atoms with Crippen molar-refractivity contribution in [3.05, 3.63) is 59.7 Å². The van der Waals surface area contributed by atoms with E-state index in [2.05, 4.69) is 50.1 Å². The lowest BCUT2D eigenvalue weighted by molar-refractivity contribution is 0.179. The number of anilines is 2. The SMILES string of the molecule is Nc1nc(N)c2cc(CSC(=S)N3CCN(Cc4ccccc4)CC3)ccc2n1. The van der Waals surface area contributed by atoms with Crippen LogP contribution < -0.4 is 11.5 Å². The molecule has 29 heavy (non-hydrogen) atoms. The molecule has 1 saturated heterocycles. The average molecular weight is 425 g/mol. The molecular formula is C21H24N6S2. The highest BCUT2D eigenvalue weighted by Crippen LogP contribution is 2.24. The Balaban J connectivity index is 1.30. The normalized spacial score (nSPS) is 15.0. The molecule has 0 spiro atoms. The highest BCUT2D eigenvalue weighted by molar-refractivity contribution is 8.22. The van der Waals surface area contributed by atoms with Crippen LogP contribution in [0.2, 0.25) is 0 Å². The molecule has 0 bridgehead atoms. The third-order valence-electron chi connectivity index (χ3n) is 5.05. The van der Waals surface area contributed by atoms with Gasteiger partial charge in [-0.1, -0.05) is 60.4 Å². The van der Waals surface area contributed by atoms with Crippen molar-refractivity contribution >= 4 is 51.0 Å². The molecule has 4 N–H and O–H groups in total. The van der Waals surface area contributed by atoms with E-state index < -0.39 is 0 Å². The molecule has 8 heteroatoms. The zero-order chi connectivity index (χ0) is 20.2. The van der Waals surface area contributed by atoms with E-state index in [4.69, 9.17) is 23.7 Å². The number of thioether (sulfide) groups is 1. The van der Waals surface area contributed by atoms with E-state index in [1.807, 2.05) is 18.2 Å². The summed E-state index contributed by atoms with van der Waals surface area (Å²) in [6.45, 7) is 4.99. The van der Waals surface area contributed by atoms with Crippen LogP contribution in [0.25, 0.3) is 10.9 Å². The topological polar surface area (TPSA) is 84.3 Å². The second kappa shape index (κ2) is 8.94. The lowest BCUT2D eigenvalue weighted by atomic mass is 10.1. The monoisotopic (exact) mass is 424 g/mol. The number of hydrogen-bond acceptors (Lipinski definition) is 7. The van der Waals surface area contributed by atoms with Crippen LogP contribution in [0.1, 0.15) is 11.1 Å². The lowest BCUT2D eigenvalue weighted by Gasteiger charge is -2.35. The predicted molar refractivity (Wildman–Crippen MR) is 126 cm³/mol. The van der Waals surface area contributed by atoms with Crippen LogP contribution in [-0.4, -0.2) is 50.3 Å². The molecule has 0 aliphatic carbocycles. The molecule has 1 aliphatic heterocycles. The van der Waals surface area contributed by atoms with Gasteiger partial charge in [-0.2, -0.15) is 4.98 Å². The first-order valence-electron chi connectivity index (χ1n) is 9.58. The van der Waals surface area contributed by atoms with Crippen molar-refractivity contribution < 1.29 is 0 Å². The van der Waals surface area contributed by atoms with Gasteiger partial charge in [0.1, 0.15) is 10.1 Å². The number of rotatable bonds is 4. The summed E-state index contributed by atoms with van der Waals surface area (Å²) in [4.78, 5) is 13.1. The van der Waals surface area contributed by atoms with Crippen molar-refractivity contribution in [2.24, 2.45) is 0 Å². The van der Waals surface area contributed by atoms with E-state index in [9.17, 15) is 0 Å². The van der Waals surface area contributed by atoms with Gasteiger partial charge in [0.15, 0.2) is 0 Å². The Bertz CT molecular complexity index is 1000. The Hall–Kier alpha value is -2.42. The highest BCUT2D eigenvalue weighted by atomic mass is 32.2. The summed E-state index contributed by atoms with van der Waals surface area (Å²) in [5.74, 6) is 1.41. The third kappa shape index (κ3) is 4.95. The Kier molecular flexibility index (Phi) is 6.13. The Morgan fingerprint density at radius 1 is 0.966 bits per heavy atom. The van der Waals surface area contributed by atoms with Gasteiger partial charge in [-0.3, -0.25) is 4.90 Å². The van der Waals surface area contributed by atoms with Gasteiger partial charge in [0.05, 0.1) is 5.52 Å². The van der Waals surface area contributed by atoms with Crippen LogP contribution in [0.15, 0.2) is 48.5 Å². The molecule has 2 heterocycles. The summed E-state index contributed by atoms with van der Waals surface area (Å²) in [6, 6.07) is 16.6. The second-order valence-electron chi connectivity index (χ2n) is 7.12. The van der Waals surface area contributed by atoms with Crippen LogP contribution in [0, 0.1) is 0 Å². The zero-order valence-electron chi connectivity index (χ0n) is 16.1. The van der Waals surface area contributed by atoms with E-state index >= 15 is 0 Å². The number of nitrogens with zero attached hydrogens (tertiary/aromatic N) is 4. The summed E-state index contributed by atoms with van der Waals surface area (Å²) in [5, 5.41) is 0.831. The van der Waals surface area contributed by atoms with E-state index in [0.717, 1.165) is 59.3 Å². The van der Waals surface area contributed by atoms with Crippen molar-refractivity contribution in [3.8, 4) is 0 Å². The molecule has 1 aliphatic rings. The average Bonchev–Trinajstić information content (AvgIpc) is 2.73. The molecule has 0 saturated carbocycles. The summed E-state index contributed by atoms with van der Waals surface area (Å²) in [7, 11) is 0. The zero-order valence-corrected chi connectivity index (χ0v) is 17.8. The molecular weight excluding hydrogens is 400 g/mol. The summed E-state index contributed by atoms with van der Waals surface area (Å²) in [6.07, 6.45) is 0. The van der Waals surface area contributed by atoms with E-state index in [1.165, 1.54) is 5.56 Å². The van der Waals surface area contributed by atoms with Crippen LogP contribution in [-0.2, 0) is 12.3 Å². The van der Waals surface area contributed by atoms with Gasteiger partial charge < -0.3 is 16.4 Å². The van der Waals surface area contributed by atoms with Crippen LogP contribution in [0.4, 0.5) is 11.8 Å². The van der Waals surface area contributed by atoms with E-state index in [-0.39, 0.29) is 5.95 Å². The molecule has 3 aromatic rings. The summed E-state index contributed by atoms with van der Waals surface area (Å²) >= 11 is 7.38. The summed E-state index contributed by atoms with van der Waals surface area (Å²) in [5.41, 5.74) is 14.9. The maximum Gasteiger partial charge on any atom is 0.222 e. The lowest BCUT2D eigenvalue weighted by Crippen LogP contribution is -2.47. The predicted octanol–water partition coefficient (Wildman–Crippen LogP) is 3.13. The minimum absolute atomic E-state index is 0.199. The van der Waals surface area contributed by atoms with Gasteiger partial charge in [-0.15, -0.1) is 0 Å². The minimum atomic E-state index is 0.199. The molecule has 150 valence electrons. The van der Waals surface area contributed by atoms with Crippen molar-refractivity contribution in [1.82, 2.24) is 19.8 Å². The molecule has 0 amide bonds. The molecule has 4 rings (SSSR count). The maximum absolute atomic E-state index is 5.99. The fourth-order valence-electron chi connectivity index (χ4n) is 3.47. The van der Waals surface area contributed by atoms with Gasteiger partial charge in [0.2, 0.25) is 5.95 Å². The van der Waals surface area contributed by atoms with Crippen molar-refractivity contribution in [3.63, 3.8) is 0 Å². The molecule has 6 nitrogen and oxygen atoms in total. The first-order chi connectivity index (χ1) is 14.1. The minimum Gasteiger partial charge on any atom is -0.383 e. The van der Waals surface area contributed by atoms with Crippen LogP contribution >= 0.6 is 24.0 Å². The molecule has 1 fully saturated rings. The number of aromatic nitrogens is 2. The largest absolute Gasteiger partial charge is 0.383 e. The van der Waals surface area contributed by atoms with E-state index in [0.29, 0.717) is 5.82 Å². The van der Waals surface area contributed by atoms with Crippen molar-refractivity contribution in [2.45, 2.75) is 12.3 Å². The highest BCUT2D eigenvalue weighted by Gasteiger charge is 2.19. The number of fused-ring (bicyclic) bond motifs is 1. The number of hydrogen-bond donors (Lipinski definition) is 2. The Morgan fingerprint density at radius 3 is 2.48 bits per heavy atom. The van der Waals surface area contributed by atoms with Gasteiger partial charge in [-0.05, 0) is 23.3 Å². The molecule has 0 radical (unpaired) electrons. The second-order valence-corrected chi connectivity index (χ2v) is 8.73. The first kappa shape index (κ1) is 19.9. The standard InChI is InChI=1S/C21H24N6S2/c22-19-17-12-16(6-7-18(17)24-20(23)25-19)14-29-21(28)27-10-8-26(9-11-27)13-15-4-2-1-3-5-15/h1-7,12H,8-11,13-14H2,(H4,22,23,24,25). The summed E-state index contributed by atoms with van der Waals surface area (Å²) < 4.78 is 0.950. The van der Waals surface area contributed by atoms with Crippen LogP contribution in [0.3, 0.4) is 0 Å². The van der Waals surface area contributed by atoms with Crippen LogP contribution in [0.5, 0.6) is 0 Å². The van der Waals surface area contributed by atoms with Gasteiger partial charge in [0, 0.05) is 43.9 Å². The number of piperazine rings is 1. The number of nitrogen functional groups attached to an aromatic ring is 2. The molecule has 1 aromatic heterocycles. The quantitative estimate of drug-likeness (QED) is 0.618. The van der Waals surface area contributed by atoms with Gasteiger partial charge >= 0.3 is 0 Å². The molecule has 0 unspecified atom stereocenters. The number of benzene rings is 2. The molecule has 2 aromatic carbocycles. The fourth-order valence-corrected chi connectivity index (χ4v) is 4.67. The van der Waals surface area contributed by atoms with Gasteiger partial charge in [0.25, 0.3) is 0 Å². The van der Waals surface area contributed by atoms with E-state index in [1.54, 1.807) is 11.8 Å². The van der Waals surface area contributed by atoms with Gasteiger partial charge in [-0.25, -0.2) is 4.98 Å². The Morgan fingerprint density at radius 2 is 1.72 bits per heavy atom. The number of nitrogens with two attached hydrogens (primary N) is 2. The first-order valence-corrected chi connectivity index (χ1v) is 11.0. The maximum atomic E-state index is 5.99. The molecule has 0 atom stereocenters. The van der Waals surface area contributed by atoms with Crippen molar-refractivity contribution in [2.75, 3.05) is 37.6 Å². The Labute approximate surface area is 180 Å². The van der Waals surface area contributed by atoms with Crippen molar-refractivity contribution in [1.29, 1.82) is 0 Å². The third-order valence-corrected chi connectivity index (χ3v) is 6.64. The fraction of sp³-hybridized carbons (Fsp3) is 0.286.